The van der Waals surface area contributed by atoms with Crippen molar-refractivity contribution in [2.45, 2.75) is 13.1 Å². The predicted molar refractivity (Wildman–Crippen MR) is 113 cm³/mol. The molecule has 2 aromatic rings. The van der Waals surface area contributed by atoms with Crippen LogP contribution in [0.15, 0.2) is 34.8 Å². The Labute approximate surface area is 179 Å². The molecule has 0 unspecified atom stereocenters. The van der Waals surface area contributed by atoms with E-state index < -0.39 is 0 Å². The lowest BCUT2D eigenvalue weighted by Gasteiger charge is -2.35. The SMILES string of the molecule is Brc1cc2c(cc1CN1CCN(Cc3ccc4c(c3)OCCO4)CC1)OCCO2. The molecule has 0 atom stereocenters. The highest BCUT2D eigenvalue weighted by atomic mass is 79.9. The maximum atomic E-state index is 5.74. The molecule has 3 aliphatic rings. The predicted octanol–water partition coefficient (Wildman–Crippen LogP) is 3.31. The van der Waals surface area contributed by atoms with Gasteiger partial charge in [0.15, 0.2) is 23.0 Å². The Kier molecular flexibility index (Phi) is 5.52. The van der Waals surface area contributed by atoms with E-state index in [2.05, 4.69) is 43.9 Å². The summed E-state index contributed by atoms with van der Waals surface area (Å²) in [5, 5.41) is 0. The zero-order valence-corrected chi connectivity index (χ0v) is 17.9. The van der Waals surface area contributed by atoms with E-state index in [4.69, 9.17) is 18.9 Å². The first-order chi connectivity index (χ1) is 14.2. The van der Waals surface area contributed by atoms with Gasteiger partial charge in [-0.1, -0.05) is 22.0 Å². The van der Waals surface area contributed by atoms with E-state index in [-0.39, 0.29) is 0 Å². The van der Waals surface area contributed by atoms with Crippen LogP contribution in [0.1, 0.15) is 11.1 Å². The third-order valence-electron chi connectivity index (χ3n) is 5.58. The van der Waals surface area contributed by atoms with Crippen molar-refractivity contribution in [2.75, 3.05) is 52.6 Å². The number of rotatable bonds is 4. The maximum Gasteiger partial charge on any atom is 0.162 e. The van der Waals surface area contributed by atoms with Gasteiger partial charge in [0.05, 0.1) is 0 Å². The molecular formula is C22H25BrN2O4. The van der Waals surface area contributed by atoms with Gasteiger partial charge in [-0.3, -0.25) is 9.80 Å². The molecule has 0 N–H and O–H groups in total. The van der Waals surface area contributed by atoms with Crippen LogP contribution in [0.4, 0.5) is 0 Å². The number of nitrogens with zero attached hydrogens (tertiary/aromatic N) is 2. The number of fused-ring (bicyclic) bond motifs is 2. The summed E-state index contributed by atoms with van der Waals surface area (Å²) in [4.78, 5) is 5.00. The van der Waals surface area contributed by atoms with E-state index in [1.165, 1.54) is 11.1 Å². The van der Waals surface area contributed by atoms with Crippen molar-refractivity contribution in [1.29, 1.82) is 0 Å². The van der Waals surface area contributed by atoms with Gasteiger partial charge < -0.3 is 18.9 Å². The number of halogens is 1. The van der Waals surface area contributed by atoms with Crippen molar-refractivity contribution < 1.29 is 18.9 Å². The van der Waals surface area contributed by atoms with Gasteiger partial charge in [-0.2, -0.15) is 0 Å². The summed E-state index contributed by atoms with van der Waals surface area (Å²) >= 11 is 3.69. The first kappa shape index (κ1) is 19.0. The van der Waals surface area contributed by atoms with Crippen LogP contribution in [0, 0.1) is 0 Å². The molecule has 0 radical (unpaired) electrons. The minimum atomic E-state index is 0.615. The highest BCUT2D eigenvalue weighted by molar-refractivity contribution is 9.10. The molecule has 3 aliphatic heterocycles. The summed E-state index contributed by atoms with van der Waals surface area (Å²) in [6.07, 6.45) is 0. The Balaban J connectivity index is 1.17. The lowest BCUT2D eigenvalue weighted by Crippen LogP contribution is -2.45. The Morgan fingerprint density at radius 3 is 1.90 bits per heavy atom. The van der Waals surface area contributed by atoms with E-state index >= 15 is 0 Å². The van der Waals surface area contributed by atoms with Gasteiger partial charge in [0, 0.05) is 43.7 Å². The smallest absolute Gasteiger partial charge is 0.162 e. The van der Waals surface area contributed by atoms with E-state index in [1.54, 1.807) is 0 Å². The number of benzene rings is 2. The summed E-state index contributed by atoms with van der Waals surface area (Å²) in [5.74, 6) is 3.41. The second-order valence-corrected chi connectivity index (χ2v) is 8.47. The Hall–Kier alpha value is -1.96. The number of piperazine rings is 1. The zero-order chi connectivity index (χ0) is 19.6. The number of hydrogen-bond acceptors (Lipinski definition) is 6. The minimum Gasteiger partial charge on any atom is -0.486 e. The summed E-state index contributed by atoms with van der Waals surface area (Å²) < 4.78 is 23.8. The van der Waals surface area contributed by atoms with Crippen LogP contribution in [-0.4, -0.2) is 62.4 Å². The molecule has 1 fully saturated rings. The minimum absolute atomic E-state index is 0.615. The van der Waals surface area contributed by atoms with Crippen LogP contribution in [0.2, 0.25) is 0 Å². The van der Waals surface area contributed by atoms with Crippen LogP contribution < -0.4 is 18.9 Å². The van der Waals surface area contributed by atoms with E-state index in [9.17, 15) is 0 Å². The second kappa shape index (κ2) is 8.42. The van der Waals surface area contributed by atoms with Crippen molar-refractivity contribution >= 4 is 15.9 Å². The van der Waals surface area contributed by atoms with Crippen LogP contribution in [0.3, 0.4) is 0 Å². The molecule has 2 aromatic carbocycles. The molecule has 6 nitrogen and oxygen atoms in total. The average molecular weight is 461 g/mol. The molecule has 0 aromatic heterocycles. The number of hydrogen-bond donors (Lipinski definition) is 0. The van der Waals surface area contributed by atoms with Crippen LogP contribution in [-0.2, 0) is 13.1 Å². The van der Waals surface area contributed by atoms with Crippen molar-refractivity contribution in [3.05, 3.63) is 45.9 Å². The van der Waals surface area contributed by atoms with E-state index in [1.807, 2.05) is 12.1 Å². The number of ether oxygens (including phenoxy) is 4. The first-order valence-corrected chi connectivity index (χ1v) is 11.0. The van der Waals surface area contributed by atoms with Crippen molar-refractivity contribution in [2.24, 2.45) is 0 Å². The third kappa shape index (κ3) is 4.32. The third-order valence-corrected chi connectivity index (χ3v) is 6.32. The largest absolute Gasteiger partial charge is 0.486 e. The molecule has 7 heteroatoms. The Morgan fingerprint density at radius 1 is 0.655 bits per heavy atom. The van der Waals surface area contributed by atoms with Gasteiger partial charge >= 0.3 is 0 Å². The highest BCUT2D eigenvalue weighted by Crippen LogP contribution is 2.36. The normalized spacial score (nSPS) is 19.2. The molecule has 0 amide bonds. The topological polar surface area (TPSA) is 43.4 Å². The molecule has 3 heterocycles. The standard InChI is InChI=1S/C22H25BrN2O4/c23-18-13-22-21(28-9-10-29-22)12-17(18)15-25-5-3-24(4-6-25)14-16-1-2-19-20(11-16)27-8-7-26-19/h1-2,11-13H,3-10,14-15H2. The van der Waals surface area contributed by atoms with Gasteiger partial charge in [-0.05, 0) is 35.4 Å². The molecule has 0 bridgehead atoms. The van der Waals surface area contributed by atoms with Crippen molar-refractivity contribution in [3.8, 4) is 23.0 Å². The fourth-order valence-corrected chi connectivity index (χ4v) is 4.47. The van der Waals surface area contributed by atoms with Gasteiger partial charge in [0.2, 0.25) is 0 Å². The fraction of sp³-hybridized carbons (Fsp3) is 0.455. The van der Waals surface area contributed by atoms with Gasteiger partial charge in [0.25, 0.3) is 0 Å². The van der Waals surface area contributed by atoms with E-state index in [0.717, 1.165) is 66.7 Å². The van der Waals surface area contributed by atoms with Crippen molar-refractivity contribution in [3.63, 3.8) is 0 Å². The summed E-state index contributed by atoms with van der Waals surface area (Å²) in [6, 6.07) is 10.4. The summed E-state index contributed by atoms with van der Waals surface area (Å²) in [7, 11) is 0. The lowest BCUT2D eigenvalue weighted by molar-refractivity contribution is 0.121. The van der Waals surface area contributed by atoms with Crippen LogP contribution in [0.25, 0.3) is 0 Å². The molecular weight excluding hydrogens is 436 g/mol. The zero-order valence-electron chi connectivity index (χ0n) is 16.4. The van der Waals surface area contributed by atoms with Gasteiger partial charge in [0.1, 0.15) is 26.4 Å². The molecule has 0 saturated carbocycles. The molecule has 0 aliphatic carbocycles. The fourth-order valence-electron chi connectivity index (χ4n) is 4.02. The summed E-state index contributed by atoms with van der Waals surface area (Å²) in [5.41, 5.74) is 2.52. The lowest BCUT2D eigenvalue weighted by atomic mass is 10.1. The molecule has 1 saturated heterocycles. The van der Waals surface area contributed by atoms with Crippen LogP contribution >= 0.6 is 15.9 Å². The molecule has 29 heavy (non-hydrogen) atoms. The average Bonchev–Trinajstić information content (AvgIpc) is 2.75. The molecule has 154 valence electrons. The van der Waals surface area contributed by atoms with Crippen LogP contribution in [0.5, 0.6) is 23.0 Å². The van der Waals surface area contributed by atoms with Crippen molar-refractivity contribution in [1.82, 2.24) is 9.80 Å². The second-order valence-electron chi connectivity index (χ2n) is 7.62. The van der Waals surface area contributed by atoms with Gasteiger partial charge in [-0.15, -0.1) is 0 Å². The monoisotopic (exact) mass is 460 g/mol. The highest BCUT2D eigenvalue weighted by Gasteiger charge is 2.21. The Morgan fingerprint density at radius 2 is 1.21 bits per heavy atom. The Bertz CT molecular complexity index is 883. The first-order valence-electron chi connectivity index (χ1n) is 10.2. The molecule has 5 rings (SSSR count). The molecule has 0 spiro atoms. The van der Waals surface area contributed by atoms with E-state index in [0.29, 0.717) is 26.4 Å². The summed E-state index contributed by atoms with van der Waals surface area (Å²) in [6.45, 7) is 8.55. The quantitative estimate of drug-likeness (QED) is 0.697. The van der Waals surface area contributed by atoms with Gasteiger partial charge in [-0.25, -0.2) is 0 Å². The maximum absolute atomic E-state index is 5.74.